The Balaban J connectivity index is 1.40. The van der Waals surface area contributed by atoms with Crippen LogP contribution in [0.4, 0.5) is 0 Å². The molecule has 0 radical (unpaired) electrons. The Kier molecular flexibility index (Phi) is 7.80. The average molecular weight is 493 g/mol. The summed E-state index contributed by atoms with van der Waals surface area (Å²) >= 11 is 0. The summed E-state index contributed by atoms with van der Waals surface area (Å²) in [7, 11) is -3.08. The summed E-state index contributed by atoms with van der Waals surface area (Å²) in [6.07, 6.45) is 11.8. The third kappa shape index (κ3) is 5.39. The van der Waals surface area contributed by atoms with Crippen LogP contribution in [0.3, 0.4) is 0 Å². The van der Waals surface area contributed by atoms with Crippen LogP contribution in [-0.4, -0.2) is 79.0 Å². The summed E-state index contributed by atoms with van der Waals surface area (Å²) in [5.41, 5.74) is 3.52. The summed E-state index contributed by atoms with van der Waals surface area (Å²) in [5, 5.41) is 20.3. The SMILES string of the molecule is C=C1[C@H](O)C/C(=C/C=C2\CCC[C@]3(C)[C@@H](C(C)CN4CCN(S(C)(=O)=O)CC4)CC[C@@H]23)C[C@@H]1O. The molecule has 4 aliphatic rings. The Hall–Kier alpha value is -0.990. The molecule has 0 bridgehead atoms. The Morgan fingerprint density at radius 1 is 1.12 bits per heavy atom. The van der Waals surface area contributed by atoms with Crippen molar-refractivity contribution in [3.8, 4) is 0 Å². The number of allylic oxidation sites excluding steroid dienone is 3. The standard InChI is InChI=1S/C27H44N2O4S/c1-19(18-28-12-14-29(15-13-28)34(4,32)33)23-9-10-24-22(6-5-11-27(23,24)3)8-7-21-16-25(30)20(2)26(31)17-21/h7-8,19,23-26,30-31H,2,5-6,9-18H2,1,3-4H3/b21-7-,22-8+/t19?,23-,24+,25-,26+,27-/m1/s1. The first kappa shape index (κ1) is 26.1. The van der Waals surface area contributed by atoms with E-state index in [0.29, 0.717) is 54.7 Å². The summed E-state index contributed by atoms with van der Waals surface area (Å²) in [4.78, 5) is 2.46. The zero-order valence-corrected chi connectivity index (χ0v) is 22.1. The first-order chi connectivity index (χ1) is 16.0. The molecule has 0 spiro atoms. The normalized spacial score (nSPS) is 39.5. The van der Waals surface area contributed by atoms with E-state index in [9.17, 15) is 18.6 Å². The van der Waals surface area contributed by atoms with Crippen LogP contribution >= 0.6 is 0 Å². The van der Waals surface area contributed by atoms with Crippen LogP contribution in [0.2, 0.25) is 0 Å². The number of fused-ring (bicyclic) bond motifs is 1. The van der Waals surface area contributed by atoms with E-state index in [1.807, 2.05) is 0 Å². The third-order valence-electron chi connectivity index (χ3n) is 9.37. The smallest absolute Gasteiger partial charge is 0.211 e. The van der Waals surface area contributed by atoms with Gasteiger partial charge in [-0.3, -0.25) is 0 Å². The van der Waals surface area contributed by atoms with E-state index in [1.54, 1.807) is 9.88 Å². The number of hydrogen-bond donors (Lipinski definition) is 2. The molecule has 4 fully saturated rings. The molecule has 1 unspecified atom stereocenters. The second-order valence-electron chi connectivity index (χ2n) is 11.6. The fraction of sp³-hybridized carbons (Fsp3) is 0.778. The quantitative estimate of drug-likeness (QED) is 0.576. The maximum Gasteiger partial charge on any atom is 0.211 e. The second kappa shape index (κ2) is 10.2. The van der Waals surface area contributed by atoms with E-state index < -0.39 is 22.2 Å². The lowest BCUT2D eigenvalue weighted by Crippen LogP contribution is -2.50. The molecule has 3 saturated carbocycles. The minimum absolute atomic E-state index is 0.316. The molecule has 4 rings (SSSR count). The van der Waals surface area contributed by atoms with Gasteiger partial charge in [-0.1, -0.05) is 43.7 Å². The van der Waals surface area contributed by atoms with Gasteiger partial charge in [0, 0.05) is 32.7 Å². The van der Waals surface area contributed by atoms with Gasteiger partial charge in [-0.25, -0.2) is 8.42 Å². The first-order valence-electron chi connectivity index (χ1n) is 13.1. The number of aliphatic hydroxyl groups is 2. The van der Waals surface area contributed by atoms with Gasteiger partial charge in [-0.15, -0.1) is 0 Å². The highest BCUT2D eigenvalue weighted by Gasteiger charge is 2.50. The molecular weight excluding hydrogens is 448 g/mol. The van der Waals surface area contributed by atoms with E-state index in [4.69, 9.17) is 0 Å². The third-order valence-corrected chi connectivity index (χ3v) is 10.7. The topological polar surface area (TPSA) is 81.1 Å². The van der Waals surface area contributed by atoms with Gasteiger partial charge in [0.2, 0.25) is 10.0 Å². The molecule has 34 heavy (non-hydrogen) atoms. The minimum Gasteiger partial charge on any atom is -0.388 e. The van der Waals surface area contributed by atoms with Crippen molar-refractivity contribution in [1.82, 2.24) is 9.21 Å². The summed E-state index contributed by atoms with van der Waals surface area (Å²) < 4.78 is 25.3. The molecule has 1 heterocycles. The van der Waals surface area contributed by atoms with Crippen molar-refractivity contribution in [2.45, 2.75) is 71.0 Å². The molecule has 0 aromatic rings. The lowest BCUT2D eigenvalue weighted by Gasteiger charge is -2.45. The number of piperazine rings is 1. The summed E-state index contributed by atoms with van der Waals surface area (Å²) in [6.45, 7) is 12.6. The van der Waals surface area contributed by atoms with Crippen LogP contribution < -0.4 is 0 Å². The average Bonchev–Trinajstić information content (AvgIpc) is 3.13. The van der Waals surface area contributed by atoms with Gasteiger partial charge < -0.3 is 15.1 Å². The van der Waals surface area contributed by atoms with E-state index in [2.05, 4.69) is 37.5 Å². The van der Waals surface area contributed by atoms with Crippen molar-refractivity contribution < 1.29 is 18.6 Å². The van der Waals surface area contributed by atoms with Gasteiger partial charge in [0.1, 0.15) is 0 Å². The van der Waals surface area contributed by atoms with Crippen LogP contribution in [-0.2, 0) is 10.0 Å². The predicted molar refractivity (Wildman–Crippen MR) is 137 cm³/mol. The number of sulfonamides is 1. The number of nitrogens with zero attached hydrogens (tertiary/aromatic N) is 2. The molecule has 192 valence electrons. The fourth-order valence-corrected chi connectivity index (χ4v) is 8.24. The van der Waals surface area contributed by atoms with E-state index >= 15 is 0 Å². The molecule has 7 heteroatoms. The van der Waals surface area contributed by atoms with Crippen LogP contribution in [0.15, 0.2) is 35.5 Å². The van der Waals surface area contributed by atoms with Crippen molar-refractivity contribution in [2.24, 2.45) is 23.2 Å². The van der Waals surface area contributed by atoms with E-state index in [-0.39, 0.29) is 0 Å². The Bertz CT molecular complexity index is 918. The molecule has 6 atom stereocenters. The van der Waals surface area contributed by atoms with Crippen LogP contribution in [0, 0.1) is 23.2 Å². The molecule has 2 N–H and O–H groups in total. The molecule has 1 saturated heterocycles. The molecule has 0 aromatic carbocycles. The minimum atomic E-state index is -3.08. The number of aliphatic hydroxyl groups excluding tert-OH is 2. The van der Waals surface area contributed by atoms with Gasteiger partial charge in [-0.05, 0) is 73.7 Å². The van der Waals surface area contributed by atoms with Crippen LogP contribution in [0.5, 0.6) is 0 Å². The number of rotatable bonds is 5. The summed E-state index contributed by atoms with van der Waals surface area (Å²) in [6, 6.07) is 0. The van der Waals surface area contributed by atoms with Crippen molar-refractivity contribution >= 4 is 10.0 Å². The van der Waals surface area contributed by atoms with Crippen molar-refractivity contribution in [2.75, 3.05) is 39.0 Å². The Morgan fingerprint density at radius 2 is 1.76 bits per heavy atom. The monoisotopic (exact) mass is 492 g/mol. The zero-order valence-electron chi connectivity index (χ0n) is 21.2. The molecule has 0 amide bonds. The zero-order chi connectivity index (χ0) is 24.7. The highest BCUT2D eigenvalue weighted by Crippen LogP contribution is 2.59. The van der Waals surface area contributed by atoms with E-state index in [1.165, 1.54) is 31.9 Å². The maximum absolute atomic E-state index is 11.8. The van der Waals surface area contributed by atoms with Gasteiger partial charge in [-0.2, -0.15) is 4.31 Å². The first-order valence-corrected chi connectivity index (χ1v) is 14.9. The van der Waals surface area contributed by atoms with Crippen LogP contribution in [0.1, 0.15) is 58.8 Å². The lowest BCUT2D eigenvalue weighted by atomic mass is 9.61. The lowest BCUT2D eigenvalue weighted by molar-refractivity contribution is 0.0699. The molecule has 0 aromatic heterocycles. The molecule has 1 aliphatic heterocycles. The van der Waals surface area contributed by atoms with Gasteiger partial charge in [0.05, 0.1) is 18.5 Å². The second-order valence-corrected chi connectivity index (χ2v) is 13.6. The Morgan fingerprint density at radius 3 is 2.38 bits per heavy atom. The highest BCUT2D eigenvalue weighted by atomic mass is 32.2. The highest BCUT2D eigenvalue weighted by molar-refractivity contribution is 7.88. The van der Waals surface area contributed by atoms with Gasteiger partial charge in [0.25, 0.3) is 0 Å². The predicted octanol–water partition coefficient (Wildman–Crippen LogP) is 3.34. The molecule has 6 nitrogen and oxygen atoms in total. The molecule has 3 aliphatic carbocycles. The van der Waals surface area contributed by atoms with Gasteiger partial charge in [0.15, 0.2) is 0 Å². The Labute approximate surface area is 206 Å². The van der Waals surface area contributed by atoms with Crippen molar-refractivity contribution in [3.05, 3.63) is 35.5 Å². The molecular formula is C27H44N2O4S. The van der Waals surface area contributed by atoms with Crippen LogP contribution in [0.25, 0.3) is 0 Å². The number of hydrogen-bond acceptors (Lipinski definition) is 5. The van der Waals surface area contributed by atoms with Crippen molar-refractivity contribution in [3.63, 3.8) is 0 Å². The van der Waals surface area contributed by atoms with Gasteiger partial charge >= 0.3 is 0 Å². The largest absolute Gasteiger partial charge is 0.388 e. The fourth-order valence-electron chi connectivity index (χ4n) is 7.42. The van der Waals surface area contributed by atoms with E-state index in [0.717, 1.165) is 31.6 Å². The van der Waals surface area contributed by atoms with Crippen molar-refractivity contribution in [1.29, 1.82) is 0 Å². The summed E-state index contributed by atoms with van der Waals surface area (Å²) in [5.74, 6) is 1.89. The maximum atomic E-state index is 11.8.